The summed E-state index contributed by atoms with van der Waals surface area (Å²) in [6.45, 7) is 0.547. The van der Waals surface area contributed by atoms with Gasteiger partial charge >= 0.3 is 0 Å². The van der Waals surface area contributed by atoms with E-state index in [0.29, 0.717) is 12.2 Å². The van der Waals surface area contributed by atoms with Gasteiger partial charge in [0.15, 0.2) is 0 Å². The molecule has 0 spiro atoms. The van der Waals surface area contributed by atoms with Gasteiger partial charge in [-0.2, -0.15) is 0 Å². The molecule has 0 unspecified atom stereocenters. The maximum Gasteiger partial charge on any atom is 0.128 e. The molecule has 0 aliphatic heterocycles. The summed E-state index contributed by atoms with van der Waals surface area (Å²) in [5.41, 5.74) is 1.52. The van der Waals surface area contributed by atoms with Gasteiger partial charge in [0.05, 0.1) is 3.79 Å². The zero-order valence-electron chi connectivity index (χ0n) is 8.14. The summed E-state index contributed by atoms with van der Waals surface area (Å²) in [5, 5.41) is 4.94. The van der Waals surface area contributed by atoms with Gasteiger partial charge in [-0.1, -0.05) is 0 Å². The molecule has 84 valence electrons. The van der Waals surface area contributed by atoms with E-state index in [9.17, 15) is 8.78 Å². The first-order valence-electron chi connectivity index (χ1n) is 4.56. The standard InChI is InChI=1S/C11H8BrF2NS/c12-11-1-7(6-16-11)5-15-10-3-8(13)2-9(14)4-10/h1-4,6,15H,5H2. The quantitative estimate of drug-likeness (QED) is 0.886. The third-order valence-electron chi connectivity index (χ3n) is 1.98. The van der Waals surface area contributed by atoms with E-state index < -0.39 is 11.6 Å². The minimum Gasteiger partial charge on any atom is -0.381 e. The SMILES string of the molecule is Fc1cc(F)cc(NCc2csc(Br)c2)c1. The van der Waals surface area contributed by atoms with Crippen LogP contribution in [0.15, 0.2) is 33.4 Å². The number of hydrogen-bond acceptors (Lipinski definition) is 2. The first-order valence-corrected chi connectivity index (χ1v) is 6.23. The molecule has 16 heavy (non-hydrogen) atoms. The van der Waals surface area contributed by atoms with E-state index in [2.05, 4.69) is 21.2 Å². The minimum absolute atomic E-state index is 0.444. The third kappa shape index (κ3) is 3.02. The van der Waals surface area contributed by atoms with E-state index >= 15 is 0 Å². The predicted molar refractivity (Wildman–Crippen MR) is 65.7 cm³/mol. The van der Waals surface area contributed by atoms with Gasteiger partial charge in [-0.25, -0.2) is 8.78 Å². The highest BCUT2D eigenvalue weighted by atomic mass is 79.9. The first-order chi connectivity index (χ1) is 7.63. The summed E-state index contributed by atoms with van der Waals surface area (Å²) in [4.78, 5) is 0. The summed E-state index contributed by atoms with van der Waals surface area (Å²) in [5.74, 6) is -1.15. The van der Waals surface area contributed by atoms with Gasteiger partial charge in [0.2, 0.25) is 0 Å². The summed E-state index contributed by atoms with van der Waals surface area (Å²) in [6, 6.07) is 5.36. The Morgan fingerprint density at radius 2 is 1.81 bits per heavy atom. The van der Waals surface area contributed by atoms with Crippen LogP contribution in [-0.4, -0.2) is 0 Å². The van der Waals surface area contributed by atoms with Crippen molar-refractivity contribution in [2.45, 2.75) is 6.54 Å². The van der Waals surface area contributed by atoms with E-state index in [1.165, 1.54) is 12.1 Å². The molecule has 2 rings (SSSR count). The van der Waals surface area contributed by atoms with Gasteiger partial charge in [-0.3, -0.25) is 0 Å². The number of thiophene rings is 1. The van der Waals surface area contributed by atoms with E-state index in [1.807, 2.05) is 11.4 Å². The van der Waals surface area contributed by atoms with Crippen molar-refractivity contribution in [3.63, 3.8) is 0 Å². The van der Waals surface area contributed by atoms with Crippen LogP contribution in [0.4, 0.5) is 14.5 Å². The molecule has 1 N–H and O–H groups in total. The second kappa shape index (κ2) is 4.93. The van der Waals surface area contributed by atoms with Crippen LogP contribution in [-0.2, 0) is 6.54 Å². The van der Waals surface area contributed by atoms with Crippen molar-refractivity contribution in [1.29, 1.82) is 0 Å². The summed E-state index contributed by atoms with van der Waals surface area (Å²) >= 11 is 4.93. The molecule has 0 saturated carbocycles. The summed E-state index contributed by atoms with van der Waals surface area (Å²) in [7, 11) is 0. The Hall–Kier alpha value is -0.940. The van der Waals surface area contributed by atoms with Crippen molar-refractivity contribution in [1.82, 2.24) is 0 Å². The van der Waals surface area contributed by atoms with Crippen LogP contribution in [0.1, 0.15) is 5.56 Å². The molecule has 5 heteroatoms. The fraction of sp³-hybridized carbons (Fsp3) is 0.0909. The minimum atomic E-state index is -0.575. The number of rotatable bonds is 3. The van der Waals surface area contributed by atoms with Gasteiger partial charge in [-0.05, 0) is 45.1 Å². The van der Waals surface area contributed by atoms with Crippen LogP contribution in [0, 0.1) is 11.6 Å². The lowest BCUT2D eigenvalue weighted by Gasteiger charge is -2.05. The molecule has 0 saturated heterocycles. The van der Waals surface area contributed by atoms with Crippen molar-refractivity contribution in [3.8, 4) is 0 Å². The van der Waals surface area contributed by atoms with Gasteiger partial charge in [0, 0.05) is 18.3 Å². The molecule has 2 aromatic rings. The molecule has 0 atom stereocenters. The maximum atomic E-state index is 12.9. The van der Waals surface area contributed by atoms with E-state index in [-0.39, 0.29) is 0 Å². The maximum absolute atomic E-state index is 12.9. The topological polar surface area (TPSA) is 12.0 Å². The highest BCUT2D eigenvalue weighted by Crippen LogP contribution is 2.21. The highest BCUT2D eigenvalue weighted by Gasteiger charge is 2.01. The van der Waals surface area contributed by atoms with Crippen LogP contribution in [0.3, 0.4) is 0 Å². The number of nitrogens with one attached hydrogen (secondary N) is 1. The van der Waals surface area contributed by atoms with Crippen LogP contribution >= 0.6 is 27.3 Å². The molecule has 0 radical (unpaired) electrons. The predicted octanol–water partition coefficient (Wildman–Crippen LogP) is 4.40. The van der Waals surface area contributed by atoms with Gasteiger partial charge in [0.1, 0.15) is 11.6 Å². The van der Waals surface area contributed by atoms with Gasteiger partial charge in [0.25, 0.3) is 0 Å². The molecule has 0 bridgehead atoms. The number of benzene rings is 1. The van der Waals surface area contributed by atoms with E-state index in [4.69, 9.17) is 0 Å². The molecule has 0 aliphatic carbocycles. The number of hydrogen-bond donors (Lipinski definition) is 1. The monoisotopic (exact) mass is 303 g/mol. The smallest absolute Gasteiger partial charge is 0.128 e. The van der Waals surface area contributed by atoms with Crippen molar-refractivity contribution < 1.29 is 8.78 Å². The normalized spacial score (nSPS) is 10.4. The lowest BCUT2D eigenvalue weighted by molar-refractivity contribution is 0.584. The molecule has 1 nitrogen and oxygen atoms in total. The van der Waals surface area contributed by atoms with Crippen molar-refractivity contribution >= 4 is 33.0 Å². The van der Waals surface area contributed by atoms with Gasteiger partial charge in [-0.15, -0.1) is 11.3 Å². The Labute approximate surface area is 104 Å². The molecule has 1 aromatic heterocycles. The molecule has 0 amide bonds. The lowest BCUT2D eigenvalue weighted by Crippen LogP contribution is -1.99. The largest absolute Gasteiger partial charge is 0.381 e. The molecule has 0 aliphatic rings. The average molecular weight is 304 g/mol. The van der Waals surface area contributed by atoms with Crippen LogP contribution in [0.25, 0.3) is 0 Å². The Morgan fingerprint density at radius 1 is 1.12 bits per heavy atom. The molecule has 1 heterocycles. The molecule has 1 aromatic carbocycles. The number of anilines is 1. The Morgan fingerprint density at radius 3 is 2.38 bits per heavy atom. The zero-order chi connectivity index (χ0) is 11.5. The second-order valence-corrected chi connectivity index (χ2v) is 5.56. The highest BCUT2D eigenvalue weighted by molar-refractivity contribution is 9.11. The Kier molecular flexibility index (Phi) is 3.56. The van der Waals surface area contributed by atoms with Crippen LogP contribution in [0.5, 0.6) is 0 Å². The van der Waals surface area contributed by atoms with E-state index in [1.54, 1.807) is 11.3 Å². The average Bonchev–Trinajstić information content (AvgIpc) is 2.60. The zero-order valence-corrected chi connectivity index (χ0v) is 10.5. The third-order valence-corrected chi connectivity index (χ3v) is 3.53. The summed E-state index contributed by atoms with van der Waals surface area (Å²) in [6.07, 6.45) is 0. The van der Waals surface area contributed by atoms with Crippen molar-refractivity contribution in [2.75, 3.05) is 5.32 Å². The number of halogens is 3. The fourth-order valence-electron chi connectivity index (χ4n) is 1.30. The van der Waals surface area contributed by atoms with Gasteiger partial charge < -0.3 is 5.32 Å². The Balaban J connectivity index is 2.04. The summed E-state index contributed by atoms with van der Waals surface area (Å²) < 4.78 is 26.8. The molecular weight excluding hydrogens is 296 g/mol. The molecule has 0 fully saturated rings. The van der Waals surface area contributed by atoms with Crippen molar-refractivity contribution in [2.24, 2.45) is 0 Å². The van der Waals surface area contributed by atoms with E-state index in [0.717, 1.165) is 15.4 Å². The molecular formula is C11H8BrF2NS. The first kappa shape index (κ1) is 11.5. The lowest BCUT2D eigenvalue weighted by atomic mass is 10.2. The second-order valence-electron chi connectivity index (χ2n) is 3.27. The fourth-order valence-corrected chi connectivity index (χ4v) is 2.51. The van der Waals surface area contributed by atoms with Crippen LogP contribution in [0.2, 0.25) is 0 Å². The Bertz CT molecular complexity index is 478. The van der Waals surface area contributed by atoms with Crippen LogP contribution < -0.4 is 5.32 Å². The van der Waals surface area contributed by atoms with Crippen molar-refractivity contribution in [3.05, 3.63) is 50.6 Å².